The average molecular weight is 291 g/mol. The van der Waals surface area contributed by atoms with Crippen molar-refractivity contribution in [3.8, 4) is 11.8 Å². The quantitative estimate of drug-likeness (QED) is 0.449. The SMILES string of the molecule is O=C(OCC1C2CCC#CCC[C@H]21)ON1C(=O)CCC1=O. The summed E-state index contributed by atoms with van der Waals surface area (Å²) in [6.07, 6.45) is 3.08. The van der Waals surface area contributed by atoms with Gasteiger partial charge < -0.3 is 4.74 Å². The van der Waals surface area contributed by atoms with Gasteiger partial charge in [0.05, 0.1) is 6.61 Å². The van der Waals surface area contributed by atoms with E-state index in [-0.39, 0.29) is 19.4 Å². The number of imide groups is 1. The van der Waals surface area contributed by atoms with E-state index in [4.69, 9.17) is 4.74 Å². The molecular formula is C15H17NO5. The van der Waals surface area contributed by atoms with Gasteiger partial charge in [-0.1, -0.05) is 5.06 Å². The maximum atomic E-state index is 11.5. The largest absolute Gasteiger partial charge is 0.533 e. The van der Waals surface area contributed by atoms with Crippen molar-refractivity contribution in [1.29, 1.82) is 0 Å². The van der Waals surface area contributed by atoms with Crippen molar-refractivity contribution in [2.75, 3.05) is 6.61 Å². The number of carbonyl (C=O) groups excluding carboxylic acids is 3. The first-order valence-corrected chi connectivity index (χ1v) is 7.33. The Kier molecular flexibility index (Phi) is 3.82. The second-order valence-corrected chi connectivity index (χ2v) is 5.66. The van der Waals surface area contributed by atoms with Crippen molar-refractivity contribution in [1.82, 2.24) is 5.06 Å². The summed E-state index contributed by atoms with van der Waals surface area (Å²) >= 11 is 0. The predicted octanol–water partition coefficient (Wildman–Crippen LogP) is 1.64. The maximum absolute atomic E-state index is 11.5. The number of amides is 2. The summed E-state index contributed by atoms with van der Waals surface area (Å²) in [5.41, 5.74) is 0. The molecule has 0 aromatic rings. The van der Waals surface area contributed by atoms with Crippen LogP contribution >= 0.6 is 0 Å². The topological polar surface area (TPSA) is 72.9 Å². The van der Waals surface area contributed by atoms with E-state index in [0.717, 1.165) is 25.7 Å². The molecule has 1 saturated heterocycles. The van der Waals surface area contributed by atoms with E-state index in [0.29, 0.717) is 22.8 Å². The molecule has 2 fully saturated rings. The van der Waals surface area contributed by atoms with Gasteiger partial charge in [-0.3, -0.25) is 14.4 Å². The number of nitrogens with zero attached hydrogens (tertiary/aromatic N) is 1. The molecule has 3 atom stereocenters. The third-order valence-electron chi connectivity index (χ3n) is 4.40. The zero-order valence-electron chi connectivity index (χ0n) is 11.7. The number of hydrogen-bond donors (Lipinski definition) is 0. The number of fused-ring (bicyclic) bond motifs is 1. The fourth-order valence-corrected chi connectivity index (χ4v) is 3.21. The van der Waals surface area contributed by atoms with E-state index in [1.54, 1.807) is 0 Å². The van der Waals surface area contributed by atoms with E-state index in [9.17, 15) is 14.4 Å². The highest BCUT2D eigenvalue weighted by Crippen LogP contribution is 2.52. The first kappa shape index (κ1) is 13.9. The molecule has 3 rings (SSSR count). The molecule has 2 amide bonds. The third kappa shape index (κ3) is 3.02. The van der Waals surface area contributed by atoms with Crippen LogP contribution in [0.15, 0.2) is 0 Å². The lowest BCUT2D eigenvalue weighted by Crippen LogP contribution is -2.32. The van der Waals surface area contributed by atoms with Gasteiger partial charge in [0, 0.05) is 25.7 Å². The maximum Gasteiger partial charge on any atom is 0.533 e. The molecule has 112 valence electrons. The Bertz CT molecular complexity index is 498. The third-order valence-corrected chi connectivity index (χ3v) is 4.40. The van der Waals surface area contributed by atoms with Gasteiger partial charge in [0.2, 0.25) is 0 Å². The van der Waals surface area contributed by atoms with Crippen LogP contribution in [0.25, 0.3) is 0 Å². The molecule has 1 aliphatic heterocycles. The first-order chi connectivity index (χ1) is 10.2. The second kappa shape index (κ2) is 5.76. The number of carbonyl (C=O) groups is 3. The van der Waals surface area contributed by atoms with E-state index < -0.39 is 18.0 Å². The fraction of sp³-hybridized carbons (Fsp3) is 0.667. The Balaban J connectivity index is 1.43. The van der Waals surface area contributed by atoms with Crippen molar-refractivity contribution in [2.24, 2.45) is 17.8 Å². The summed E-state index contributed by atoms with van der Waals surface area (Å²) in [6, 6.07) is 0. The average Bonchev–Trinajstić information content (AvgIpc) is 2.98. The zero-order valence-corrected chi connectivity index (χ0v) is 11.7. The molecule has 0 N–H and O–H groups in total. The van der Waals surface area contributed by atoms with Crippen molar-refractivity contribution >= 4 is 18.0 Å². The van der Waals surface area contributed by atoms with Gasteiger partial charge >= 0.3 is 6.16 Å². The van der Waals surface area contributed by atoms with Crippen molar-refractivity contribution in [2.45, 2.75) is 38.5 Å². The summed E-state index contributed by atoms with van der Waals surface area (Å²) in [4.78, 5) is 38.8. The van der Waals surface area contributed by atoms with Gasteiger partial charge in [-0.05, 0) is 30.6 Å². The number of rotatable bonds is 3. The molecule has 6 heteroatoms. The van der Waals surface area contributed by atoms with Crippen LogP contribution in [0.2, 0.25) is 0 Å². The van der Waals surface area contributed by atoms with E-state index >= 15 is 0 Å². The molecule has 1 heterocycles. The monoisotopic (exact) mass is 291 g/mol. The Labute approximate surface area is 122 Å². The second-order valence-electron chi connectivity index (χ2n) is 5.66. The summed E-state index contributed by atoms with van der Waals surface area (Å²) < 4.78 is 5.05. The minimum absolute atomic E-state index is 0.0822. The van der Waals surface area contributed by atoms with E-state index in [1.807, 2.05) is 0 Å². The van der Waals surface area contributed by atoms with Crippen LogP contribution in [0.5, 0.6) is 0 Å². The minimum atomic E-state index is -0.978. The molecular weight excluding hydrogens is 274 g/mol. The van der Waals surface area contributed by atoms with Gasteiger partial charge in [-0.15, -0.1) is 11.8 Å². The summed E-state index contributed by atoms with van der Waals surface area (Å²) in [5, 5.41) is 0.506. The Morgan fingerprint density at radius 2 is 1.67 bits per heavy atom. The van der Waals surface area contributed by atoms with Crippen LogP contribution in [-0.2, 0) is 19.2 Å². The van der Waals surface area contributed by atoms with Crippen LogP contribution in [0.1, 0.15) is 38.5 Å². The molecule has 3 aliphatic rings. The van der Waals surface area contributed by atoms with E-state index in [1.165, 1.54) is 0 Å². The Morgan fingerprint density at radius 1 is 1.10 bits per heavy atom. The normalized spacial score (nSPS) is 30.7. The van der Waals surface area contributed by atoms with Crippen molar-refractivity contribution in [3.05, 3.63) is 0 Å². The van der Waals surface area contributed by atoms with Crippen LogP contribution in [0.3, 0.4) is 0 Å². The summed E-state index contributed by atoms with van der Waals surface area (Å²) in [5.74, 6) is 6.75. The first-order valence-electron chi connectivity index (χ1n) is 7.33. The number of hydroxylamine groups is 2. The van der Waals surface area contributed by atoms with Gasteiger partial charge in [0.25, 0.3) is 11.8 Å². The molecule has 0 radical (unpaired) electrons. The summed E-state index contributed by atoms with van der Waals surface area (Å²) in [7, 11) is 0. The standard InChI is InChI=1S/C15H17NO5/c17-13-7-8-14(18)16(13)21-15(19)20-9-12-10-5-3-1-2-4-6-11(10)12/h10-12H,3-9H2/t10-,11?,12?/m1/s1. The van der Waals surface area contributed by atoms with Crippen molar-refractivity contribution < 1.29 is 24.0 Å². The summed E-state index contributed by atoms with van der Waals surface area (Å²) in [6.45, 7) is 0.282. The number of ether oxygens (including phenoxy) is 1. The highest BCUT2D eigenvalue weighted by atomic mass is 16.8. The van der Waals surface area contributed by atoms with Crippen LogP contribution in [0, 0.1) is 29.6 Å². The van der Waals surface area contributed by atoms with Crippen LogP contribution in [0.4, 0.5) is 4.79 Å². The molecule has 0 aromatic heterocycles. The molecule has 1 saturated carbocycles. The van der Waals surface area contributed by atoms with Crippen LogP contribution < -0.4 is 0 Å². The molecule has 2 unspecified atom stereocenters. The van der Waals surface area contributed by atoms with E-state index in [2.05, 4.69) is 16.7 Å². The van der Waals surface area contributed by atoms with Crippen molar-refractivity contribution in [3.63, 3.8) is 0 Å². The fourth-order valence-electron chi connectivity index (χ4n) is 3.21. The van der Waals surface area contributed by atoms with Gasteiger partial charge in [0.1, 0.15) is 0 Å². The molecule has 0 bridgehead atoms. The lowest BCUT2D eigenvalue weighted by atomic mass is 10.1. The highest BCUT2D eigenvalue weighted by molar-refractivity contribution is 6.01. The lowest BCUT2D eigenvalue weighted by Gasteiger charge is -2.12. The van der Waals surface area contributed by atoms with Gasteiger partial charge in [0.15, 0.2) is 0 Å². The minimum Gasteiger partial charge on any atom is -0.432 e. The molecule has 21 heavy (non-hydrogen) atoms. The molecule has 0 spiro atoms. The molecule has 6 nitrogen and oxygen atoms in total. The zero-order chi connectivity index (χ0) is 14.8. The Hall–Kier alpha value is -2.03. The smallest absolute Gasteiger partial charge is 0.432 e. The van der Waals surface area contributed by atoms with Gasteiger partial charge in [-0.2, -0.15) is 0 Å². The molecule has 2 aliphatic carbocycles. The predicted molar refractivity (Wildman–Crippen MR) is 70.2 cm³/mol. The molecule has 0 aromatic carbocycles. The van der Waals surface area contributed by atoms with Gasteiger partial charge in [-0.25, -0.2) is 4.79 Å². The number of hydrogen-bond acceptors (Lipinski definition) is 5. The Morgan fingerprint density at radius 3 is 2.24 bits per heavy atom. The highest BCUT2D eigenvalue weighted by Gasteiger charge is 2.49. The van der Waals surface area contributed by atoms with Crippen LogP contribution in [-0.4, -0.2) is 29.6 Å². The lowest BCUT2D eigenvalue weighted by molar-refractivity contribution is -0.177.